The predicted molar refractivity (Wildman–Crippen MR) is 78.7 cm³/mol. The van der Waals surface area contributed by atoms with Gasteiger partial charge in [0.1, 0.15) is 11.7 Å². The Labute approximate surface area is 126 Å². The van der Waals surface area contributed by atoms with E-state index in [9.17, 15) is 14.7 Å². The summed E-state index contributed by atoms with van der Waals surface area (Å²) in [6, 6.07) is 1.26. The fourth-order valence-corrected chi connectivity index (χ4v) is 2.62. The molecule has 0 spiro atoms. The second kappa shape index (κ2) is 5.99. The van der Waals surface area contributed by atoms with Gasteiger partial charge >= 0.3 is 5.97 Å². The van der Waals surface area contributed by atoms with Gasteiger partial charge in [-0.3, -0.25) is 4.79 Å². The zero-order chi connectivity index (χ0) is 14.9. The van der Waals surface area contributed by atoms with Crippen molar-refractivity contribution in [3.63, 3.8) is 0 Å². The molecule has 2 N–H and O–H groups in total. The minimum atomic E-state index is -0.990. The van der Waals surface area contributed by atoms with Crippen molar-refractivity contribution in [3.05, 3.63) is 22.4 Å². The molecule has 110 valence electrons. The molecule has 6 heteroatoms. The number of halogens is 1. The van der Waals surface area contributed by atoms with Gasteiger partial charge in [0.05, 0.1) is 0 Å². The molecule has 0 bridgehead atoms. The van der Waals surface area contributed by atoms with Crippen LogP contribution < -0.4 is 5.32 Å². The number of amides is 1. The summed E-state index contributed by atoms with van der Waals surface area (Å²) in [5, 5.41) is 11.9. The fraction of sp³-hybridized carbons (Fsp3) is 0.571. The molecular formula is C14H19BrN2O3. The van der Waals surface area contributed by atoms with E-state index in [4.69, 9.17) is 0 Å². The zero-order valence-corrected chi connectivity index (χ0v) is 13.2. The number of aromatic nitrogens is 1. The monoisotopic (exact) mass is 342 g/mol. The van der Waals surface area contributed by atoms with Crippen LogP contribution in [0.25, 0.3) is 0 Å². The van der Waals surface area contributed by atoms with Crippen molar-refractivity contribution in [2.45, 2.75) is 45.2 Å². The van der Waals surface area contributed by atoms with Crippen LogP contribution in [-0.2, 0) is 4.79 Å². The molecule has 1 aromatic heterocycles. The predicted octanol–water partition coefficient (Wildman–Crippen LogP) is 2.81. The average molecular weight is 343 g/mol. The van der Waals surface area contributed by atoms with Crippen LogP contribution in [0.1, 0.15) is 49.6 Å². The minimum absolute atomic E-state index is 0.107. The molecule has 0 radical (unpaired) electrons. The standard InChI is InChI=1S/C14H19BrN2O3/c1-3-8(2)12(14(19)20)16-13(18)11-6-9(15)7-17(11)10-4-5-10/h6-8,10,12H,3-5H2,1-2H3,(H,16,18)(H,19,20)/t8-,12-/m0/s1. The Morgan fingerprint density at radius 1 is 1.55 bits per heavy atom. The summed E-state index contributed by atoms with van der Waals surface area (Å²) in [4.78, 5) is 23.6. The van der Waals surface area contributed by atoms with E-state index in [0.29, 0.717) is 18.2 Å². The van der Waals surface area contributed by atoms with Crippen molar-refractivity contribution in [1.29, 1.82) is 0 Å². The largest absolute Gasteiger partial charge is 0.480 e. The van der Waals surface area contributed by atoms with Crippen molar-refractivity contribution >= 4 is 27.8 Å². The Bertz CT molecular complexity index is 522. The summed E-state index contributed by atoms with van der Waals surface area (Å²) >= 11 is 3.37. The number of nitrogens with zero attached hydrogens (tertiary/aromatic N) is 1. The van der Waals surface area contributed by atoms with E-state index in [0.717, 1.165) is 17.3 Å². The topological polar surface area (TPSA) is 71.3 Å². The van der Waals surface area contributed by atoms with Crippen molar-refractivity contribution in [3.8, 4) is 0 Å². The Hall–Kier alpha value is -1.30. The maximum atomic E-state index is 12.3. The van der Waals surface area contributed by atoms with Gasteiger partial charge in [-0.15, -0.1) is 0 Å². The molecule has 1 aromatic rings. The summed E-state index contributed by atoms with van der Waals surface area (Å²) in [6.45, 7) is 3.74. The molecule has 0 unspecified atom stereocenters. The van der Waals surface area contributed by atoms with Crippen LogP contribution in [-0.4, -0.2) is 27.6 Å². The Balaban J connectivity index is 2.16. The highest BCUT2D eigenvalue weighted by Crippen LogP contribution is 2.37. The second-order valence-electron chi connectivity index (χ2n) is 5.36. The van der Waals surface area contributed by atoms with E-state index in [2.05, 4.69) is 21.2 Å². The molecular weight excluding hydrogens is 324 g/mol. The number of nitrogens with one attached hydrogen (secondary N) is 1. The quantitative estimate of drug-likeness (QED) is 0.834. The molecule has 1 fully saturated rings. The lowest BCUT2D eigenvalue weighted by molar-refractivity contribution is -0.140. The van der Waals surface area contributed by atoms with Crippen LogP contribution >= 0.6 is 15.9 Å². The van der Waals surface area contributed by atoms with Gasteiger partial charge < -0.3 is 15.0 Å². The van der Waals surface area contributed by atoms with Crippen molar-refractivity contribution in [2.24, 2.45) is 5.92 Å². The summed E-state index contributed by atoms with van der Waals surface area (Å²) in [5.74, 6) is -1.42. The molecule has 1 heterocycles. The fourth-order valence-electron chi connectivity index (χ4n) is 2.18. The lowest BCUT2D eigenvalue weighted by Crippen LogP contribution is -2.45. The summed E-state index contributed by atoms with van der Waals surface area (Å²) < 4.78 is 2.76. The molecule has 20 heavy (non-hydrogen) atoms. The number of aliphatic carboxylic acids is 1. The third-order valence-corrected chi connectivity index (χ3v) is 4.19. The molecule has 2 rings (SSSR count). The smallest absolute Gasteiger partial charge is 0.326 e. The summed E-state index contributed by atoms with van der Waals surface area (Å²) in [5.41, 5.74) is 0.522. The number of carboxylic acids is 1. The van der Waals surface area contributed by atoms with Gasteiger partial charge in [-0.1, -0.05) is 20.3 Å². The first kappa shape index (κ1) is 15.1. The van der Waals surface area contributed by atoms with E-state index in [-0.39, 0.29) is 11.8 Å². The first-order valence-corrected chi connectivity index (χ1v) is 7.64. The molecule has 2 atom stereocenters. The van der Waals surface area contributed by atoms with Crippen LogP contribution in [0, 0.1) is 5.92 Å². The highest BCUT2D eigenvalue weighted by atomic mass is 79.9. The Kier molecular flexibility index (Phi) is 4.52. The number of hydrogen-bond donors (Lipinski definition) is 2. The molecule has 1 aliphatic carbocycles. The van der Waals surface area contributed by atoms with Crippen LogP contribution in [0.5, 0.6) is 0 Å². The zero-order valence-electron chi connectivity index (χ0n) is 11.6. The number of carbonyl (C=O) groups excluding carboxylic acids is 1. The van der Waals surface area contributed by atoms with Gasteiger partial charge in [-0.25, -0.2) is 4.79 Å². The molecule has 0 aliphatic heterocycles. The van der Waals surface area contributed by atoms with E-state index in [1.54, 1.807) is 6.07 Å². The van der Waals surface area contributed by atoms with Gasteiger partial charge in [0.2, 0.25) is 0 Å². The molecule has 1 aliphatic rings. The van der Waals surface area contributed by atoms with E-state index in [1.165, 1.54) is 0 Å². The molecule has 1 amide bonds. The first-order chi connectivity index (χ1) is 9.43. The third kappa shape index (κ3) is 3.23. The van der Waals surface area contributed by atoms with Gasteiger partial charge in [-0.05, 0) is 40.8 Å². The van der Waals surface area contributed by atoms with Gasteiger partial charge in [0, 0.05) is 16.7 Å². The van der Waals surface area contributed by atoms with E-state index < -0.39 is 12.0 Å². The maximum Gasteiger partial charge on any atom is 0.326 e. The molecule has 5 nitrogen and oxygen atoms in total. The first-order valence-electron chi connectivity index (χ1n) is 6.85. The molecule has 0 saturated heterocycles. The SMILES string of the molecule is CC[C@H](C)[C@H](NC(=O)c1cc(Br)cn1C1CC1)C(=O)O. The summed E-state index contributed by atoms with van der Waals surface area (Å²) in [6.07, 6.45) is 4.71. The van der Waals surface area contributed by atoms with Crippen molar-refractivity contribution in [1.82, 2.24) is 9.88 Å². The number of carbonyl (C=O) groups is 2. The van der Waals surface area contributed by atoms with Gasteiger partial charge in [0.15, 0.2) is 0 Å². The Morgan fingerprint density at radius 2 is 2.20 bits per heavy atom. The van der Waals surface area contributed by atoms with Crippen LogP contribution in [0.4, 0.5) is 0 Å². The van der Waals surface area contributed by atoms with E-state index in [1.807, 2.05) is 24.6 Å². The number of rotatable bonds is 6. The molecule has 0 aromatic carbocycles. The highest BCUT2D eigenvalue weighted by molar-refractivity contribution is 9.10. The van der Waals surface area contributed by atoms with Gasteiger partial charge in [-0.2, -0.15) is 0 Å². The van der Waals surface area contributed by atoms with Crippen LogP contribution in [0.3, 0.4) is 0 Å². The summed E-state index contributed by atoms with van der Waals surface area (Å²) in [7, 11) is 0. The number of carboxylic acid groups (broad SMARTS) is 1. The van der Waals surface area contributed by atoms with Crippen molar-refractivity contribution in [2.75, 3.05) is 0 Å². The van der Waals surface area contributed by atoms with Gasteiger partial charge in [0.25, 0.3) is 5.91 Å². The molecule has 1 saturated carbocycles. The number of hydrogen-bond acceptors (Lipinski definition) is 2. The van der Waals surface area contributed by atoms with E-state index >= 15 is 0 Å². The van der Waals surface area contributed by atoms with Crippen LogP contribution in [0.2, 0.25) is 0 Å². The second-order valence-corrected chi connectivity index (χ2v) is 6.27. The average Bonchev–Trinajstić information content (AvgIpc) is 3.17. The maximum absolute atomic E-state index is 12.3. The lowest BCUT2D eigenvalue weighted by Gasteiger charge is -2.20. The normalized spacial score (nSPS) is 17.6. The minimum Gasteiger partial charge on any atom is -0.480 e. The highest BCUT2D eigenvalue weighted by Gasteiger charge is 2.30. The van der Waals surface area contributed by atoms with Crippen LogP contribution in [0.15, 0.2) is 16.7 Å². The third-order valence-electron chi connectivity index (χ3n) is 3.75. The lowest BCUT2D eigenvalue weighted by atomic mass is 9.99. The van der Waals surface area contributed by atoms with Crippen molar-refractivity contribution < 1.29 is 14.7 Å². The Morgan fingerprint density at radius 3 is 2.70 bits per heavy atom.